The molecule has 0 bridgehead atoms. The molecule has 0 unspecified atom stereocenters. The van der Waals surface area contributed by atoms with E-state index in [1.165, 1.54) is 25.3 Å². The van der Waals surface area contributed by atoms with Crippen LogP contribution in [-0.2, 0) is 17.6 Å². The molecule has 10 heteroatoms. The predicted octanol–water partition coefficient (Wildman–Crippen LogP) is 1.14. The number of methoxy groups -OCH3 is 1. The summed E-state index contributed by atoms with van der Waals surface area (Å²) in [6.45, 7) is -0.674. The minimum absolute atomic E-state index is 0.0361. The van der Waals surface area contributed by atoms with E-state index in [0.717, 1.165) is 5.56 Å². The monoisotopic (exact) mass is 536 g/mol. The number of hydrogen-bond donors (Lipinski definition) is 5. The highest BCUT2D eigenvalue weighted by molar-refractivity contribution is 6.30. The number of aliphatic hydroxyl groups excluding tert-OH is 4. The molecule has 0 spiro atoms. The summed E-state index contributed by atoms with van der Waals surface area (Å²) in [6, 6.07) is 15.5. The van der Waals surface area contributed by atoms with Gasteiger partial charge in [-0.2, -0.15) is 0 Å². The first-order valence-corrected chi connectivity index (χ1v) is 12.4. The zero-order valence-electron chi connectivity index (χ0n) is 21.0. The lowest BCUT2D eigenvalue weighted by molar-refractivity contribution is -0.277. The first-order chi connectivity index (χ1) is 18.7. The zero-order valence-corrected chi connectivity index (χ0v) is 21.0. The zero-order chi connectivity index (χ0) is 27.8. The third-order valence-corrected chi connectivity index (χ3v) is 7.07. The Kier molecular flexibility index (Phi) is 7.39. The molecule has 0 amide bonds. The highest BCUT2D eigenvalue weighted by Gasteiger charge is 2.45. The Morgan fingerprint density at radius 2 is 1.51 bits per heavy atom. The highest BCUT2D eigenvalue weighted by atomic mass is 16.7. The van der Waals surface area contributed by atoms with Crippen molar-refractivity contribution in [2.24, 2.45) is 0 Å². The van der Waals surface area contributed by atoms with E-state index >= 15 is 0 Å². The van der Waals surface area contributed by atoms with E-state index in [-0.39, 0.29) is 39.5 Å². The van der Waals surface area contributed by atoms with Gasteiger partial charge in [-0.25, -0.2) is 0 Å². The van der Waals surface area contributed by atoms with Crippen LogP contribution in [0.2, 0.25) is 0 Å². The van der Waals surface area contributed by atoms with E-state index in [9.17, 15) is 35.1 Å². The van der Waals surface area contributed by atoms with Crippen molar-refractivity contribution in [2.45, 2.75) is 43.5 Å². The van der Waals surface area contributed by atoms with Crippen LogP contribution in [-0.4, -0.2) is 81.5 Å². The molecule has 3 aromatic rings. The van der Waals surface area contributed by atoms with Crippen LogP contribution in [0.25, 0.3) is 0 Å². The van der Waals surface area contributed by atoms with Crippen molar-refractivity contribution in [1.29, 1.82) is 0 Å². The van der Waals surface area contributed by atoms with Gasteiger partial charge in [-0.3, -0.25) is 9.59 Å². The van der Waals surface area contributed by atoms with Crippen LogP contribution < -0.4 is 9.47 Å². The summed E-state index contributed by atoms with van der Waals surface area (Å²) in [5, 5.41) is 51.0. The topological polar surface area (TPSA) is 163 Å². The normalized spacial score (nSPS) is 24.2. The number of aromatic hydroxyl groups is 1. The lowest BCUT2D eigenvalue weighted by Crippen LogP contribution is -2.60. The van der Waals surface area contributed by atoms with Gasteiger partial charge in [0.05, 0.1) is 24.8 Å². The average Bonchev–Trinajstić information content (AvgIpc) is 2.94. The van der Waals surface area contributed by atoms with Crippen molar-refractivity contribution in [1.82, 2.24) is 0 Å². The molecule has 0 radical (unpaired) electrons. The quantitative estimate of drug-likeness (QED) is 0.231. The molecule has 1 aliphatic carbocycles. The van der Waals surface area contributed by atoms with Gasteiger partial charge in [0, 0.05) is 17.2 Å². The van der Waals surface area contributed by atoms with Gasteiger partial charge in [-0.1, -0.05) is 30.3 Å². The molecule has 3 aromatic carbocycles. The minimum Gasteiger partial charge on any atom is -0.507 e. The average molecular weight is 537 g/mol. The molecule has 2 aliphatic rings. The van der Waals surface area contributed by atoms with Gasteiger partial charge in [-0.05, 0) is 42.2 Å². The molecule has 5 rings (SSSR count). The van der Waals surface area contributed by atoms with Crippen LogP contribution in [0.4, 0.5) is 0 Å². The van der Waals surface area contributed by atoms with E-state index in [2.05, 4.69) is 0 Å². The van der Waals surface area contributed by atoms with Crippen LogP contribution in [0.3, 0.4) is 0 Å². The molecule has 1 heterocycles. The summed E-state index contributed by atoms with van der Waals surface area (Å²) < 4.78 is 16.5. The van der Waals surface area contributed by atoms with Crippen LogP contribution in [0, 0.1) is 0 Å². The summed E-state index contributed by atoms with van der Waals surface area (Å²) in [5.41, 5.74) is 1.41. The van der Waals surface area contributed by atoms with Crippen LogP contribution in [0.15, 0.2) is 54.6 Å². The van der Waals surface area contributed by atoms with Gasteiger partial charge in [0.15, 0.2) is 5.78 Å². The number of phenols is 1. The summed E-state index contributed by atoms with van der Waals surface area (Å²) in [7, 11) is 1.36. The van der Waals surface area contributed by atoms with Crippen LogP contribution in [0.1, 0.15) is 43.0 Å². The number of aliphatic hydroxyl groups is 4. The molecule has 0 aromatic heterocycles. The second-order valence-electron chi connectivity index (χ2n) is 9.54. The van der Waals surface area contributed by atoms with E-state index in [1.54, 1.807) is 6.07 Å². The standard InChI is InChI=1S/C29H28O10/c1-37-16-11-18-23(20(12-16)38-29-28(36)27(35)25(33)21(13-30)39-29)26(34)22-17(24(18)32)9-15(10-19(22)31)8-7-14-5-3-2-4-6-14/h2-6,9-12,21,25,27-31,33,35-36H,7-8,13H2,1H3/t21-,25-,27+,28-,29+/m1/s1. The van der Waals surface area contributed by atoms with Crippen LogP contribution >= 0.6 is 0 Å². The number of rotatable bonds is 7. The maximum atomic E-state index is 13.7. The number of ketones is 2. The van der Waals surface area contributed by atoms with Crippen molar-refractivity contribution in [3.63, 3.8) is 0 Å². The Bertz CT molecular complexity index is 1400. The Morgan fingerprint density at radius 1 is 0.821 bits per heavy atom. The minimum atomic E-state index is -1.74. The molecule has 1 aliphatic heterocycles. The maximum absolute atomic E-state index is 13.7. The van der Waals surface area contributed by atoms with Crippen molar-refractivity contribution in [3.8, 4) is 17.2 Å². The van der Waals surface area contributed by atoms with Crippen molar-refractivity contribution < 1.29 is 49.3 Å². The lowest BCUT2D eigenvalue weighted by Gasteiger charge is -2.39. The number of carbonyl (C=O) groups is 2. The number of fused-ring (bicyclic) bond motifs is 2. The second kappa shape index (κ2) is 10.8. The first-order valence-electron chi connectivity index (χ1n) is 12.4. The second-order valence-corrected chi connectivity index (χ2v) is 9.54. The molecule has 5 atom stereocenters. The molecule has 10 nitrogen and oxygen atoms in total. The SMILES string of the molecule is COc1cc(O[C@H]2O[C@H](CO)[C@@H](O)[C@H](O)[C@H]2O)c2c(c1)C(=O)c1cc(CCc3ccccc3)cc(O)c1C2=O. The fourth-order valence-corrected chi connectivity index (χ4v) is 4.95. The summed E-state index contributed by atoms with van der Waals surface area (Å²) in [6.07, 6.45) is -6.70. The Labute approximate surface area is 223 Å². The largest absolute Gasteiger partial charge is 0.507 e. The summed E-state index contributed by atoms with van der Waals surface area (Å²) >= 11 is 0. The van der Waals surface area contributed by atoms with E-state index in [0.29, 0.717) is 18.4 Å². The molecule has 0 saturated carbocycles. The number of aryl methyl sites for hydroxylation is 2. The van der Waals surface area contributed by atoms with Gasteiger partial charge >= 0.3 is 0 Å². The number of benzene rings is 3. The number of ether oxygens (including phenoxy) is 3. The van der Waals surface area contributed by atoms with Crippen molar-refractivity contribution in [2.75, 3.05) is 13.7 Å². The van der Waals surface area contributed by atoms with Gasteiger partial charge in [-0.15, -0.1) is 0 Å². The fraction of sp³-hybridized carbons (Fsp3) is 0.310. The Hall–Kier alpha value is -3.80. The molecule has 5 N–H and O–H groups in total. The van der Waals surface area contributed by atoms with Crippen molar-refractivity contribution >= 4 is 11.6 Å². The molecule has 39 heavy (non-hydrogen) atoms. The van der Waals surface area contributed by atoms with Crippen molar-refractivity contribution in [3.05, 3.63) is 88.0 Å². The molecule has 1 saturated heterocycles. The van der Waals surface area contributed by atoms with Gasteiger partial charge < -0.3 is 39.7 Å². The number of carbonyl (C=O) groups excluding carboxylic acids is 2. The van der Waals surface area contributed by atoms with E-state index < -0.39 is 48.9 Å². The maximum Gasteiger partial charge on any atom is 0.229 e. The molecular formula is C29H28O10. The smallest absolute Gasteiger partial charge is 0.229 e. The van der Waals surface area contributed by atoms with Gasteiger partial charge in [0.2, 0.25) is 12.1 Å². The first kappa shape index (κ1) is 26.8. The molecular weight excluding hydrogens is 508 g/mol. The summed E-state index contributed by atoms with van der Waals surface area (Å²) in [5.74, 6) is -1.61. The lowest BCUT2D eigenvalue weighted by atomic mass is 9.81. The van der Waals surface area contributed by atoms with Gasteiger partial charge in [0.1, 0.15) is 41.7 Å². The van der Waals surface area contributed by atoms with Gasteiger partial charge in [0.25, 0.3) is 0 Å². The van der Waals surface area contributed by atoms with Crippen LogP contribution in [0.5, 0.6) is 17.2 Å². The molecule has 1 fully saturated rings. The predicted molar refractivity (Wildman–Crippen MR) is 136 cm³/mol. The molecule has 204 valence electrons. The fourth-order valence-electron chi connectivity index (χ4n) is 4.95. The summed E-state index contributed by atoms with van der Waals surface area (Å²) in [4.78, 5) is 27.3. The Balaban J connectivity index is 1.51. The third-order valence-electron chi connectivity index (χ3n) is 7.07. The van der Waals surface area contributed by atoms with E-state index in [4.69, 9.17) is 14.2 Å². The number of hydrogen-bond acceptors (Lipinski definition) is 10. The Morgan fingerprint density at radius 3 is 2.21 bits per heavy atom. The number of phenolic OH excluding ortho intramolecular Hbond substituents is 1. The third kappa shape index (κ3) is 4.88. The highest BCUT2D eigenvalue weighted by Crippen LogP contribution is 2.41. The van der Waals surface area contributed by atoms with E-state index in [1.807, 2.05) is 30.3 Å².